The fraction of sp³-hybridized carbons (Fsp3) is 0.556. The monoisotopic (exact) mass is 581 g/mol. The van der Waals surface area contributed by atoms with E-state index in [1.165, 1.54) is 6.26 Å². The first-order valence-electron chi connectivity index (χ1n) is 13.2. The average Bonchev–Trinajstić information content (AvgIpc) is 2.89. The Kier molecular flexibility index (Phi) is 10.1. The van der Waals surface area contributed by atoms with Crippen molar-refractivity contribution in [2.24, 2.45) is 11.8 Å². The molecule has 3 N–H and O–H groups in total. The largest absolute Gasteiger partial charge is 0.388 e. The summed E-state index contributed by atoms with van der Waals surface area (Å²) in [5.74, 6) is 2.51. The molecular formula is C27H37Cl2N5O3S. The number of rotatable bonds is 11. The number of halogens is 2. The summed E-state index contributed by atoms with van der Waals surface area (Å²) in [5, 5.41) is 11.2. The van der Waals surface area contributed by atoms with Gasteiger partial charge in [-0.3, -0.25) is 0 Å². The van der Waals surface area contributed by atoms with Gasteiger partial charge in [0, 0.05) is 56.1 Å². The second kappa shape index (κ2) is 13.3. The molecule has 1 saturated heterocycles. The predicted octanol–water partition coefficient (Wildman–Crippen LogP) is 5.41. The Hall–Kier alpha value is -2.07. The molecule has 11 heteroatoms. The van der Waals surface area contributed by atoms with Crippen LogP contribution in [0.2, 0.25) is 10.0 Å². The van der Waals surface area contributed by atoms with Crippen molar-refractivity contribution in [3.8, 4) is 11.3 Å². The van der Waals surface area contributed by atoms with E-state index >= 15 is 0 Å². The first kappa shape index (κ1) is 28.9. The minimum absolute atomic E-state index is 0.112. The van der Waals surface area contributed by atoms with E-state index in [1.54, 1.807) is 6.20 Å². The molecule has 0 spiro atoms. The first-order valence-corrected chi connectivity index (χ1v) is 16.0. The maximum Gasteiger partial charge on any atom is 0.149 e. The molecule has 2 aromatic rings. The van der Waals surface area contributed by atoms with E-state index in [1.807, 2.05) is 18.2 Å². The summed E-state index contributed by atoms with van der Waals surface area (Å²) in [6, 6.07) is 5.92. The molecule has 1 aliphatic heterocycles. The van der Waals surface area contributed by atoms with Crippen molar-refractivity contribution in [2.75, 3.05) is 48.9 Å². The minimum Gasteiger partial charge on any atom is -0.388 e. The molecule has 0 amide bonds. The van der Waals surface area contributed by atoms with Crippen molar-refractivity contribution in [1.82, 2.24) is 15.3 Å². The van der Waals surface area contributed by atoms with Crippen LogP contribution in [-0.4, -0.2) is 62.7 Å². The predicted molar refractivity (Wildman–Crippen MR) is 156 cm³/mol. The van der Waals surface area contributed by atoms with Crippen LogP contribution in [-0.2, 0) is 14.6 Å². The Bertz CT molecular complexity index is 1210. The van der Waals surface area contributed by atoms with Crippen LogP contribution in [0, 0.1) is 11.8 Å². The maximum absolute atomic E-state index is 11.4. The molecule has 4 rings (SSSR count). The number of ether oxygens (including phenoxy) is 1. The lowest BCUT2D eigenvalue weighted by atomic mass is 9.84. The van der Waals surface area contributed by atoms with Gasteiger partial charge in [-0.25, -0.2) is 18.4 Å². The van der Waals surface area contributed by atoms with Crippen LogP contribution in [0.5, 0.6) is 0 Å². The van der Waals surface area contributed by atoms with Crippen molar-refractivity contribution in [2.45, 2.75) is 44.6 Å². The zero-order valence-electron chi connectivity index (χ0n) is 21.8. The van der Waals surface area contributed by atoms with Crippen LogP contribution < -0.4 is 16.0 Å². The summed E-state index contributed by atoms with van der Waals surface area (Å²) in [6.07, 6.45) is 8.84. The molecule has 1 aliphatic carbocycles. The van der Waals surface area contributed by atoms with E-state index in [2.05, 4.69) is 27.5 Å². The van der Waals surface area contributed by atoms with Crippen LogP contribution in [0.3, 0.4) is 0 Å². The molecule has 8 nitrogen and oxygen atoms in total. The fourth-order valence-corrected chi connectivity index (χ4v) is 5.84. The van der Waals surface area contributed by atoms with Gasteiger partial charge in [0.05, 0.1) is 21.5 Å². The van der Waals surface area contributed by atoms with E-state index < -0.39 is 9.84 Å². The number of aromatic nitrogens is 2. The number of nitrogens with zero attached hydrogens (tertiary/aromatic N) is 2. The van der Waals surface area contributed by atoms with Crippen LogP contribution in [0.25, 0.3) is 11.3 Å². The van der Waals surface area contributed by atoms with E-state index in [4.69, 9.17) is 32.9 Å². The highest BCUT2D eigenvalue weighted by molar-refractivity contribution is 7.90. The molecule has 0 unspecified atom stereocenters. The quantitative estimate of drug-likeness (QED) is 0.323. The maximum atomic E-state index is 11.4. The van der Waals surface area contributed by atoms with E-state index in [0.717, 1.165) is 81.2 Å². The highest BCUT2D eigenvalue weighted by Gasteiger charge is 2.24. The number of nitrogens with one attached hydrogen (secondary N) is 3. The van der Waals surface area contributed by atoms with E-state index in [0.29, 0.717) is 34.1 Å². The third kappa shape index (κ3) is 8.46. The highest BCUT2D eigenvalue weighted by atomic mass is 35.5. The molecule has 0 bridgehead atoms. The lowest BCUT2D eigenvalue weighted by Gasteiger charge is -2.31. The van der Waals surface area contributed by atoms with E-state index in [9.17, 15) is 8.42 Å². The summed E-state index contributed by atoms with van der Waals surface area (Å²) in [6.45, 7) is 7.00. The molecule has 2 aliphatic rings. The van der Waals surface area contributed by atoms with Gasteiger partial charge in [0.2, 0.25) is 0 Å². The number of pyridine rings is 2. The first-order chi connectivity index (χ1) is 18.2. The Morgan fingerprint density at radius 2 is 1.82 bits per heavy atom. The molecule has 1 saturated carbocycles. The van der Waals surface area contributed by atoms with Gasteiger partial charge in [0.15, 0.2) is 0 Å². The van der Waals surface area contributed by atoms with Crippen molar-refractivity contribution in [3.05, 3.63) is 46.7 Å². The second-order valence-corrected chi connectivity index (χ2v) is 13.4. The van der Waals surface area contributed by atoms with Gasteiger partial charge in [0.1, 0.15) is 21.5 Å². The van der Waals surface area contributed by atoms with Crippen molar-refractivity contribution in [1.29, 1.82) is 0 Å². The Balaban J connectivity index is 1.35. The molecule has 2 aromatic heterocycles. The molecular weight excluding hydrogens is 545 g/mol. The number of hydrogen-bond acceptors (Lipinski definition) is 8. The minimum atomic E-state index is -2.98. The summed E-state index contributed by atoms with van der Waals surface area (Å²) >= 11 is 13.1. The summed E-state index contributed by atoms with van der Waals surface area (Å²) in [7, 11) is -2.98. The van der Waals surface area contributed by atoms with Gasteiger partial charge in [-0.15, -0.1) is 0 Å². The van der Waals surface area contributed by atoms with Crippen LogP contribution in [0.1, 0.15) is 38.5 Å². The van der Waals surface area contributed by atoms with Gasteiger partial charge in [-0.05, 0) is 68.6 Å². The van der Waals surface area contributed by atoms with Crippen LogP contribution in [0.15, 0.2) is 36.7 Å². The van der Waals surface area contributed by atoms with Gasteiger partial charge in [0.25, 0.3) is 0 Å². The van der Waals surface area contributed by atoms with Crippen molar-refractivity contribution >= 4 is 44.7 Å². The lowest BCUT2D eigenvalue weighted by Crippen LogP contribution is -2.31. The molecule has 0 radical (unpaired) electrons. The molecule has 38 heavy (non-hydrogen) atoms. The van der Waals surface area contributed by atoms with E-state index in [-0.39, 0.29) is 11.8 Å². The summed E-state index contributed by atoms with van der Waals surface area (Å²) < 4.78 is 28.2. The topological polar surface area (TPSA) is 105 Å². The summed E-state index contributed by atoms with van der Waals surface area (Å²) in [5.41, 5.74) is 2.28. The fourth-order valence-electron chi connectivity index (χ4n) is 4.96. The molecule has 0 aromatic carbocycles. The SMILES string of the molecule is C=C(NCCS(C)(=O)=O)C1CCC(Nc2cc(-c3nc(NCC4CCOCC4)ccc3Cl)c(Cl)cn2)CC1. The third-order valence-electron chi connectivity index (χ3n) is 7.27. The number of sulfone groups is 1. The number of hydrogen-bond donors (Lipinski definition) is 3. The van der Waals surface area contributed by atoms with Crippen LogP contribution >= 0.6 is 23.2 Å². The average molecular weight is 583 g/mol. The van der Waals surface area contributed by atoms with Gasteiger partial charge < -0.3 is 20.7 Å². The Morgan fingerprint density at radius 1 is 1.08 bits per heavy atom. The zero-order valence-corrected chi connectivity index (χ0v) is 24.1. The van der Waals surface area contributed by atoms with Gasteiger partial charge in [-0.1, -0.05) is 29.8 Å². The van der Waals surface area contributed by atoms with Gasteiger partial charge >= 0.3 is 0 Å². The van der Waals surface area contributed by atoms with Crippen LogP contribution in [0.4, 0.5) is 11.6 Å². The molecule has 3 heterocycles. The molecule has 2 fully saturated rings. The summed E-state index contributed by atoms with van der Waals surface area (Å²) in [4.78, 5) is 9.27. The number of allylic oxidation sites excluding steroid dienone is 1. The smallest absolute Gasteiger partial charge is 0.149 e. The third-order valence-corrected chi connectivity index (χ3v) is 8.82. The lowest BCUT2D eigenvalue weighted by molar-refractivity contribution is 0.0699. The Morgan fingerprint density at radius 3 is 2.53 bits per heavy atom. The zero-order chi connectivity index (χ0) is 27.1. The standard InChI is InChI=1S/C27H37Cl2N5O3S/c1-18(30-11-14-38(2,35)36)20-3-5-21(6-4-20)33-26-15-22(24(29)17-32-26)27-23(28)7-8-25(34-27)31-16-19-9-12-37-13-10-19/h7-8,15,17,19-21,30H,1,3-6,9-14,16H2,2H3,(H,31,34)(H,32,33). The molecule has 0 atom stereocenters. The van der Waals surface area contributed by atoms with Crippen molar-refractivity contribution in [3.63, 3.8) is 0 Å². The van der Waals surface area contributed by atoms with Gasteiger partial charge in [-0.2, -0.15) is 0 Å². The second-order valence-electron chi connectivity index (χ2n) is 10.3. The highest BCUT2D eigenvalue weighted by Crippen LogP contribution is 2.35. The Labute approximate surface area is 235 Å². The number of anilines is 2. The normalized spacial score (nSPS) is 20.6. The van der Waals surface area contributed by atoms with Crippen molar-refractivity contribution < 1.29 is 13.2 Å². The molecule has 208 valence electrons.